The van der Waals surface area contributed by atoms with Crippen molar-refractivity contribution in [3.05, 3.63) is 63.1 Å². The molecule has 1 aromatic carbocycles. The highest BCUT2D eigenvalue weighted by Gasteiger charge is 2.36. The Morgan fingerprint density at radius 1 is 1.27 bits per heavy atom. The number of nitrogens with zero attached hydrogens (tertiary/aromatic N) is 1. The lowest BCUT2D eigenvalue weighted by Crippen LogP contribution is -2.31. The molecule has 0 saturated carbocycles. The fraction of sp³-hybridized carbons (Fsp3) is 0.316. The Hall–Kier alpha value is -2.54. The van der Waals surface area contributed by atoms with E-state index in [-0.39, 0.29) is 11.7 Å². The van der Waals surface area contributed by atoms with E-state index >= 15 is 0 Å². The van der Waals surface area contributed by atoms with E-state index in [0.29, 0.717) is 27.8 Å². The monoisotopic (exact) mass is 371 g/mol. The summed E-state index contributed by atoms with van der Waals surface area (Å²) in [6.07, 6.45) is 1.59. The number of benzene rings is 1. The van der Waals surface area contributed by atoms with Crippen LogP contribution in [-0.2, 0) is 9.53 Å². The second-order valence-corrected chi connectivity index (χ2v) is 7.09. The lowest BCUT2D eigenvalue weighted by atomic mass is 9.82. The van der Waals surface area contributed by atoms with Crippen molar-refractivity contribution in [2.45, 2.75) is 37.9 Å². The standard InChI is InChI=1S/C19H21N3O3S/c1-10(2)25-18(24)13-11(3)20-16-15(17(23)22-19(21-16)26-4)14(13)12-8-6-5-7-9-12/h5-10,14H,1-4H3,(H2,20,21,22,23). The molecule has 6 nitrogen and oxygen atoms in total. The molecule has 136 valence electrons. The highest BCUT2D eigenvalue weighted by molar-refractivity contribution is 7.98. The number of hydrogen-bond acceptors (Lipinski definition) is 6. The van der Waals surface area contributed by atoms with Crippen LogP contribution in [0.15, 0.2) is 51.6 Å². The molecule has 1 aliphatic rings. The molecule has 0 bridgehead atoms. The summed E-state index contributed by atoms with van der Waals surface area (Å²) in [5.41, 5.74) is 2.08. The van der Waals surface area contributed by atoms with Crippen molar-refractivity contribution in [2.75, 3.05) is 11.6 Å². The van der Waals surface area contributed by atoms with Gasteiger partial charge in [-0.15, -0.1) is 0 Å². The first kappa shape index (κ1) is 18.3. The summed E-state index contributed by atoms with van der Waals surface area (Å²) in [5, 5.41) is 3.64. The molecule has 0 amide bonds. The molecule has 0 radical (unpaired) electrons. The number of carbonyl (C=O) groups excluding carboxylic acids is 1. The number of anilines is 1. The number of allylic oxidation sites excluding steroid dienone is 1. The fourth-order valence-corrected chi connectivity index (χ4v) is 3.43. The van der Waals surface area contributed by atoms with E-state index in [9.17, 15) is 9.59 Å². The molecule has 3 rings (SSSR count). The van der Waals surface area contributed by atoms with Gasteiger partial charge in [-0.05, 0) is 32.6 Å². The van der Waals surface area contributed by atoms with Crippen LogP contribution in [0, 0.1) is 0 Å². The molecule has 2 heterocycles. The van der Waals surface area contributed by atoms with Crippen LogP contribution in [0.3, 0.4) is 0 Å². The number of thioether (sulfide) groups is 1. The first-order valence-corrected chi connectivity index (χ1v) is 9.56. The quantitative estimate of drug-likeness (QED) is 0.487. The van der Waals surface area contributed by atoms with Gasteiger partial charge in [0.2, 0.25) is 0 Å². The molecule has 26 heavy (non-hydrogen) atoms. The fourth-order valence-electron chi connectivity index (χ4n) is 3.05. The molecule has 2 aromatic rings. The van der Waals surface area contributed by atoms with E-state index in [4.69, 9.17) is 4.74 Å². The third kappa shape index (κ3) is 3.39. The predicted octanol–water partition coefficient (Wildman–Crippen LogP) is 3.27. The smallest absolute Gasteiger partial charge is 0.337 e. The highest BCUT2D eigenvalue weighted by Crippen LogP contribution is 2.39. The zero-order valence-corrected chi connectivity index (χ0v) is 15.9. The van der Waals surface area contributed by atoms with Gasteiger partial charge in [0, 0.05) is 5.70 Å². The van der Waals surface area contributed by atoms with Crippen LogP contribution in [0.25, 0.3) is 0 Å². The molecule has 0 aliphatic carbocycles. The van der Waals surface area contributed by atoms with E-state index in [1.165, 1.54) is 11.8 Å². The third-order valence-corrected chi connectivity index (χ3v) is 4.69. The number of esters is 1. The van der Waals surface area contributed by atoms with E-state index in [1.54, 1.807) is 20.8 Å². The SMILES string of the molecule is CSc1nc2c(c(=O)[nH]1)C(c1ccccc1)C(C(=O)OC(C)C)=C(C)N2. The number of carbonyl (C=O) groups is 1. The van der Waals surface area contributed by atoms with Crippen LogP contribution in [0.4, 0.5) is 5.82 Å². The molecular formula is C19H21N3O3S. The van der Waals surface area contributed by atoms with Crippen LogP contribution in [0.5, 0.6) is 0 Å². The third-order valence-electron chi connectivity index (χ3n) is 4.11. The summed E-state index contributed by atoms with van der Waals surface area (Å²) >= 11 is 1.36. The molecule has 1 aliphatic heterocycles. The summed E-state index contributed by atoms with van der Waals surface area (Å²) in [5.74, 6) is -0.491. The molecule has 2 N–H and O–H groups in total. The van der Waals surface area contributed by atoms with Crippen molar-refractivity contribution in [1.82, 2.24) is 9.97 Å². The maximum Gasteiger partial charge on any atom is 0.337 e. The molecule has 0 fully saturated rings. The summed E-state index contributed by atoms with van der Waals surface area (Å²) in [6, 6.07) is 9.47. The largest absolute Gasteiger partial charge is 0.460 e. The highest BCUT2D eigenvalue weighted by atomic mass is 32.2. The molecule has 1 aromatic heterocycles. The van der Waals surface area contributed by atoms with Gasteiger partial charge in [0.05, 0.1) is 23.2 Å². The summed E-state index contributed by atoms with van der Waals surface area (Å²) < 4.78 is 5.44. The normalized spacial score (nSPS) is 16.3. The van der Waals surface area contributed by atoms with Crippen molar-refractivity contribution in [2.24, 2.45) is 0 Å². The van der Waals surface area contributed by atoms with Gasteiger partial charge in [-0.1, -0.05) is 42.1 Å². The van der Waals surface area contributed by atoms with Gasteiger partial charge in [-0.25, -0.2) is 9.78 Å². The second-order valence-electron chi connectivity index (χ2n) is 6.30. The number of aromatic amines is 1. The van der Waals surface area contributed by atoms with Crippen molar-refractivity contribution in [3.8, 4) is 0 Å². The predicted molar refractivity (Wildman–Crippen MR) is 102 cm³/mol. The van der Waals surface area contributed by atoms with Crippen molar-refractivity contribution in [1.29, 1.82) is 0 Å². The van der Waals surface area contributed by atoms with Crippen LogP contribution < -0.4 is 10.9 Å². The zero-order valence-electron chi connectivity index (χ0n) is 15.1. The zero-order chi connectivity index (χ0) is 18.8. The van der Waals surface area contributed by atoms with Crippen molar-refractivity contribution < 1.29 is 9.53 Å². The Labute approximate surface area is 156 Å². The van der Waals surface area contributed by atoms with Gasteiger partial charge in [0.25, 0.3) is 5.56 Å². The van der Waals surface area contributed by atoms with Gasteiger partial charge in [-0.3, -0.25) is 4.79 Å². The van der Waals surface area contributed by atoms with E-state index in [0.717, 1.165) is 5.56 Å². The van der Waals surface area contributed by atoms with Gasteiger partial charge in [-0.2, -0.15) is 0 Å². The number of fused-ring (bicyclic) bond motifs is 1. The van der Waals surface area contributed by atoms with Gasteiger partial charge in [0.1, 0.15) is 5.82 Å². The minimum atomic E-state index is -0.536. The number of hydrogen-bond donors (Lipinski definition) is 2. The van der Waals surface area contributed by atoms with Crippen LogP contribution in [0.1, 0.15) is 37.8 Å². The van der Waals surface area contributed by atoms with Gasteiger partial charge in [0.15, 0.2) is 5.16 Å². The summed E-state index contributed by atoms with van der Waals surface area (Å²) in [6.45, 7) is 5.40. The van der Waals surface area contributed by atoms with E-state index in [1.807, 2.05) is 36.6 Å². The summed E-state index contributed by atoms with van der Waals surface area (Å²) in [7, 11) is 0. The average molecular weight is 371 g/mol. The molecule has 1 atom stereocenters. The molecule has 1 unspecified atom stereocenters. The number of nitrogens with one attached hydrogen (secondary N) is 2. The van der Waals surface area contributed by atoms with Crippen molar-refractivity contribution >= 4 is 23.5 Å². The van der Waals surface area contributed by atoms with Crippen molar-refractivity contribution in [3.63, 3.8) is 0 Å². The topological polar surface area (TPSA) is 84.1 Å². The number of aromatic nitrogens is 2. The number of rotatable bonds is 4. The Balaban J connectivity index is 2.23. The Morgan fingerprint density at radius 2 is 1.96 bits per heavy atom. The Kier molecular flexibility index (Phi) is 5.18. The van der Waals surface area contributed by atoms with Gasteiger partial charge < -0.3 is 15.0 Å². The van der Waals surface area contributed by atoms with Gasteiger partial charge >= 0.3 is 5.97 Å². The minimum Gasteiger partial charge on any atom is -0.460 e. The number of H-pyrrole nitrogens is 1. The average Bonchev–Trinajstić information content (AvgIpc) is 2.60. The molecular weight excluding hydrogens is 350 g/mol. The maximum atomic E-state index is 12.8. The van der Waals surface area contributed by atoms with Crippen LogP contribution in [-0.4, -0.2) is 28.3 Å². The maximum absolute atomic E-state index is 12.8. The lowest BCUT2D eigenvalue weighted by Gasteiger charge is -2.29. The first-order chi connectivity index (χ1) is 12.4. The first-order valence-electron chi connectivity index (χ1n) is 8.34. The van der Waals surface area contributed by atoms with Crippen LogP contribution >= 0.6 is 11.8 Å². The second kappa shape index (κ2) is 7.37. The summed E-state index contributed by atoms with van der Waals surface area (Å²) in [4.78, 5) is 32.9. The Morgan fingerprint density at radius 3 is 2.58 bits per heavy atom. The molecule has 7 heteroatoms. The molecule has 0 spiro atoms. The van der Waals surface area contributed by atoms with E-state index < -0.39 is 11.9 Å². The van der Waals surface area contributed by atoms with E-state index in [2.05, 4.69) is 15.3 Å². The lowest BCUT2D eigenvalue weighted by molar-refractivity contribution is -0.143. The number of ether oxygens (including phenoxy) is 1. The Bertz CT molecular complexity index is 919. The minimum absolute atomic E-state index is 0.254. The van der Waals surface area contributed by atoms with Crippen LogP contribution in [0.2, 0.25) is 0 Å². The molecule has 0 saturated heterocycles.